The van der Waals surface area contributed by atoms with Crippen molar-refractivity contribution in [3.8, 4) is 5.75 Å². The number of unbranched alkanes of at least 4 members (excludes halogenated alkanes) is 1. The van der Waals surface area contributed by atoms with E-state index >= 15 is 0 Å². The highest BCUT2D eigenvalue weighted by Gasteiger charge is 2.01. The fourth-order valence-corrected chi connectivity index (χ4v) is 1.72. The molecule has 0 bridgehead atoms. The topological polar surface area (TPSA) is 35.5 Å². The van der Waals surface area contributed by atoms with Crippen molar-refractivity contribution in [2.24, 2.45) is 0 Å². The van der Waals surface area contributed by atoms with Crippen LogP contribution in [0.25, 0.3) is 0 Å². The lowest BCUT2D eigenvalue weighted by molar-refractivity contribution is 0.268. The summed E-state index contributed by atoms with van der Waals surface area (Å²) in [5, 5.41) is 12.6. The number of hydrogen-bond acceptors (Lipinski definition) is 3. The summed E-state index contributed by atoms with van der Waals surface area (Å²) in [7, 11) is 2.18. The van der Waals surface area contributed by atoms with Crippen LogP contribution in [0, 0.1) is 0 Å². The smallest absolute Gasteiger partial charge is 0.115 e. The molecular weight excluding hydrogens is 224 g/mol. The molecule has 0 heterocycles. The predicted octanol–water partition coefficient (Wildman–Crippen LogP) is 2.60. The second-order valence-corrected chi connectivity index (χ2v) is 5.12. The Morgan fingerprint density at radius 1 is 1.17 bits per heavy atom. The summed E-state index contributed by atoms with van der Waals surface area (Å²) in [6.45, 7) is 7.54. The highest BCUT2D eigenvalue weighted by atomic mass is 16.3. The minimum absolute atomic E-state index is 0.329. The van der Waals surface area contributed by atoms with E-state index in [0.29, 0.717) is 11.8 Å². The number of phenols is 1. The molecule has 0 spiro atoms. The number of benzene rings is 1. The average Bonchev–Trinajstić information content (AvgIpc) is 2.35. The maximum absolute atomic E-state index is 9.17. The molecule has 0 amide bonds. The third-order valence-electron chi connectivity index (χ3n) is 3.26. The minimum atomic E-state index is 0.329. The Hall–Kier alpha value is -1.06. The zero-order valence-electron chi connectivity index (χ0n) is 11.8. The van der Waals surface area contributed by atoms with E-state index in [1.54, 1.807) is 12.1 Å². The molecule has 102 valence electrons. The van der Waals surface area contributed by atoms with Crippen LogP contribution in [0.4, 0.5) is 0 Å². The average molecular weight is 250 g/mol. The zero-order chi connectivity index (χ0) is 13.4. The molecule has 0 saturated heterocycles. The lowest BCUT2D eigenvalue weighted by atomic mass is 10.2. The van der Waals surface area contributed by atoms with Gasteiger partial charge in [0.2, 0.25) is 0 Å². The summed E-state index contributed by atoms with van der Waals surface area (Å²) >= 11 is 0. The van der Waals surface area contributed by atoms with Gasteiger partial charge in [0, 0.05) is 12.6 Å². The van der Waals surface area contributed by atoms with Crippen molar-refractivity contribution in [1.29, 1.82) is 0 Å². The van der Waals surface area contributed by atoms with Crippen LogP contribution in [0.2, 0.25) is 0 Å². The Kier molecular flexibility index (Phi) is 6.76. The van der Waals surface area contributed by atoms with Gasteiger partial charge in [-0.15, -0.1) is 0 Å². The quantitative estimate of drug-likeness (QED) is 0.696. The van der Waals surface area contributed by atoms with Crippen LogP contribution < -0.4 is 5.32 Å². The summed E-state index contributed by atoms with van der Waals surface area (Å²) in [6, 6.07) is 8.00. The fourth-order valence-electron chi connectivity index (χ4n) is 1.72. The summed E-state index contributed by atoms with van der Waals surface area (Å²) in [4.78, 5) is 2.37. The van der Waals surface area contributed by atoms with E-state index in [1.807, 2.05) is 12.1 Å². The summed E-state index contributed by atoms with van der Waals surface area (Å²) in [5.41, 5.74) is 1.21. The van der Waals surface area contributed by atoms with Crippen molar-refractivity contribution >= 4 is 0 Å². The van der Waals surface area contributed by atoms with E-state index in [-0.39, 0.29) is 0 Å². The number of nitrogens with one attached hydrogen (secondary N) is 1. The Labute approximate surface area is 111 Å². The van der Waals surface area contributed by atoms with Crippen LogP contribution in [-0.4, -0.2) is 36.2 Å². The van der Waals surface area contributed by atoms with Gasteiger partial charge in [0.1, 0.15) is 5.75 Å². The molecule has 0 aliphatic heterocycles. The summed E-state index contributed by atoms with van der Waals surface area (Å²) in [6.07, 6.45) is 2.44. The first kappa shape index (κ1) is 15.0. The minimum Gasteiger partial charge on any atom is -0.508 e. The molecule has 0 saturated carbocycles. The van der Waals surface area contributed by atoms with Crippen molar-refractivity contribution in [3.05, 3.63) is 29.8 Å². The van der Waals surface area contributed by atoms with Crippen LogP contribution in [0.3, 0.4) is 0 Å². The molecule has 0 aromatic heterocycles. The van der Waals surface area contributed by atoms with Crippen LogP contribution >= 0.6 is 0 Å². The molecule has 3 heteroatoms. The SMILES string of the molecule is CC(C)N(C)CCCCNCc1ccc(O)cc1. The maximum atomic E-state index is 9.17. The van der Waals surface area contributed by atoms with Crippen molar-refractivity contribution in [2.45, 2.75) is 39.3 Å². The van der Waals surface area contributed by atoms with E-state index in [1.165, 1.54) is 24.9 Å². The Bertz CT molecular complexity index is 322. The summed E-state index contributed by atoms with van der Waals surface area (Å²) in [5.74, 6) is 0.329. The third kappa shape index (κ3) is 6.03. The first-order valence-electron chi connectivity index (χ1n) is 6.78. The molecule has 2 N–H and O–H groups in total. The van der Waals surface area contributed by atoms with Crippen LogP contribution in [-0.2, 0) is 6.54 Å². The van der Waals surface area contributed by atoms with E-state index < -0.39 is 0 Å². The standard InChI is InChI=1S/C15H26N2O/c1-13(2)17(3)11-5-4-10-16-12-14-6-8-15(18)9-7-14/h6-9,13,16,18H,4-5,10-12H2,1-3H3. The number of phenolic OH excluding ortho intramolecular Hbond substituents is 1. The van der Waals surface area contributed by atoms with Gasteiger partial charge < -0.3 is 15.3 Å². The molecule has 1 aromatic carbocycles. The fraction of sp³-hybridized carbons (Fsp3) is 0.600. The second kappa shape index (κ2) is 8.11. The van der Waals surface area contributed by atoms with Gasteiger partial charge in [0.15, 0.2) is 0 Å². The molecular formula is C15H26N2O. The molecule has 0 radical (unpaired) electrons. The van der Waals surface area contributed by atoms with Gasteiger partial charge in [-0.25, -0.2) is 0 Å². The highest BCUT2D eigenvalue weighted by molar-refractivity contribution is 5.25. The first-order valence-corrected chi connectivity index (χ1v) is 6.78. The van der Waals surface area contributed by atoms with Crippen molar-refractivity contribution < 1.29 is 5.11 Å². The van der Waals surface area contributed by atoms with Crippen LogP contribution in [0.1, 0.15) is 32.3 Å². The largest absolute Gasteiger partial charge is 0.508 e. The molecule has 1 rings (SSSR count). The monoisotopic (exact) mass is 250 g/mol. The van der Waals surface area contributed by atoms with Crippen LogP contribution in [0.5, 0.6) is 5.75 Å². The van der Waals surface area contributed by atoms with Gasteiger partial charge in [0.05, 0.1) is 0 Å². The van der Waals surface area contributed by atoms with Gasteiger partial charge in [0.25, 0.3) is 0 Å². The van der Waals surface area contributed by atoms with Gasteiger partial charge in [-0.05, 0) is 64.5 Å². The Morgan fingerprint density at radius 2 is 1.83 bits per heavy atom. The highest BCUT2D eigenvalue weighted by Crippen LogP contribution is 2.09. The molecule has 1 aromatic rings. The predicted molar refractivity (Wildman–Crippen MR) is 76.8 cm³/mol. The number of hydrogen-bond donors (Lipinski definition) is 2. The number of aromatic hydroxyl groups is 1. The zero-order valence-corrected chi connectivity index (χ0v) is 11.8. The van der Waals surface area contributed by atoms with Crippen molar-refractivity contribution in [3.63, 3.8) is 0 Å². The van der Waals surface area contributed by atoms with Crippen LogP contribution in [0.15, 0.2) is 24.3 Å². The van der Waals surface area contributed by atoms with E-state index in [2.05, 4.69) is 31.1 Å². The van der Waals surface area contributed by atoms with Gasteiger partial charge in [-0.2, -0.15) is 0 Å². The number of nitrogens with zero attached hydrogens (tertiary/aromatic N) is 1. The molecule has 0 atom stereocenters. The Balaban J connectivity index is 2.03. The third-order valence-corrected chi connectivity index (χ3v) is 3.26. The van der Waals surface area contributed by atoms with E-state index in [4.69, 9.17) is 5.11 Å². The van der Waals surface area contributed by atoms with E-state index in [0.717, 1.165) is 13.1 Å². The molecule has 18 heavy (non-hydrogen) atoms. The van der Waals surface area contributed by atoms with Gasteiger partial charge in [-0.1, -0.05) is 12.1 Å². The normalized spacial score (nSPS) is 11.4. The van der Waals surface area contributed by atoms with E-state index in [9.17, 15) is 0 Å². The molecule has 0 aliphatic carbocycles. The lowest BCUT2D eigenvalue weighted by Gasteiger charge is -2.20. The van der Waals surface area contributed by atoms with Crippen molar-refractivity contribution in [1.82, 2.24) is 10.2 Å². The molecule has 0 unspecified atom stereocenters. The molecule has 0 fully saturated rings. The maximum Gasteiger partial charge on any atom is 0.115 e. The Morgan fingerprint density at radius 3 is 2.44 bits per heavy atom. The molecule has 3 nitrogen and oxygen atoms in total. The first-order chi connectivity index (χ1) is 8.59. The second-order valence-electron chi connectivity index (χ2n) is 5.12. The molecule has 0 aliphatic rings. The lowest BCUT2D eigenvalue weighted by Crippen LogP contribution is -2.27. The van der Waals surface area contributed by atoms with Gasteiger partial charge in [-0.3, -0.25) is 0 Å². The van der Waals surface area contributed by atoms with Crippen molar-refractivity contribution in [2.75, 3.05) is 20.1 Å². The van der Waals surface area contributed by atoms with Gasteiger partial charge >= 0.3 is 0 Å². The number of rotatable bonds is 8. The summed E-state index contributed by atoms with van der Waals surface area (Å²) < 4.78 is 0.